The van der Waals surface area contributed by atoms with Crippen LogP contribution in [0.5, 0.6) is 0 Å². The van der Waals surface area contributed by atoms with Crippen molar-refractivity contribution in [1.82, 2.24) is 0 Å². The fourth-order valence-electron chi connectivity index (χ4n) is 2.67. The van der Waals surface area contributed by atoms with E-state index in [0.29, 0.717) is 6.61 Å². The molecule has 2 nitrogen and oxygen atoms in total. The molecule has 2 aliphatic rings. The van der Waals surface area contributed by atoms with Gasteiger partial charge in [-0.05, 0) is 24.5 Å². The summed E-state index contributed by atoms with van der Waals surface area (Å²) in [4.78, 5) is 0. The lowest BCUT2D eigenvalue weighted by Gasteiger charge is -2.39. The van der Waals surface area contributed by atoms with Crippen LogP contribution >= 0.6 is 11.8 Å². The minimum atomic E-state index is 0.109. The van der Waals surface area contributed by atoms with Crippen molar-refractivity contribution in [3.05, 3.63) is 0 Å². The SMILES string of the molecule is OCC1(CSCCCC2CCCC2)COC1. The second-order valence-electron chi connectivity index (χ2n) is 5.50. The molecule has 16 heavy (non-hydrogen) atoms. The molecule has 0 bridgehead atoms. The van der Waals surface area contributed by atoms with Crippen molar-refractivity contribution in [2.75, 3.05) is 31.3 Å². The first-order chi connectivity index (χ1) is 7.85. The van der Waals surface area contributed by atoms with Gasteiger partial charge in [0.05, 0.1) is 19.8 Å². The Morgan fingerprint density at radius 3 is 2.56 bits per heavy atom. The van der Waals surface area contributed by atoms with E-state index in [1.165, 1.54) is 44.3 Å². The highest BCUT2D eigenvalue weighted by atomic mass is 32.2. The van der Waals surface area contributed by atoms with Crippen LogP contribution in [0.3, 0.4) is 0 Å². The number of aliphatic hydroxyl groups is 1. The van der Waals surface area contributed by atoms with Gasteiger partial charge in [0, 0.05) is 11.2 Å². The molecule has 1 N–H and O–H groups in total. The van der Waals surface area contributed by atoms with Gasteiger partial charge < -0.3 is 9.84 Å². The lowest BCUT2D eigenvalue weighted by molar-refractivity contribution is -0.121. The third-order valence-corrected chi connectivity index (χ3v) is 5.33. The van der Waals surface area contributed by atoms with E-state index < -0.39 is 0 Å². The first kappa shape index (κ1) is 12.7. The van der Waals surface area contributed by atoms with Gasteiger partial charge in [-0.15, -0.1) is 0 Å². The zero-order valence-electron chi connectivity index (χ0n) is 10.1. The summed E-state index contributed by atoms with van der Waals surface area (Å²) in [5, 5.41) is 9.27. The summed E-state index contributed by atoms with van der Waals surface area (Å²) in [5.74, 6) is 3.37. The monoisotopic (exact) mass is 244 g/mol. The Kier molecular flexibility index (Phi) is 4.98. The number of rotatable bonds is 7. The fraction of sp³-hybridized carbons (Fsp3) is 1.00. The predicted octanol–water partition coefficient (Wildman–Crippen LogP) is 2.70. The number of hydrogen-bond acceptors (Lipinski definition) is 3. The lowest BCUT2D eigenvalue weighted by atomic mass is 9.90. The van der Waals surface area contributed by atoms with Gasteiger partial charge in [0.25, 0.3) is 0 Å². The van der Waals surface area contributed by atoms with Crippen LogP contribution < -0.4 is 0 Å². The van der Waals surface area contributed by atoms with E-state index in [4.69, 9.17) is 4.74 Å². The van der Waals surface area contributed by atoms with E-state index in [9.17, 15) is 5.11 Å². The molecule has 0 aromatic carbocycles. The zero-order valence-corrected chi connectivity index (χ0v) is 10.9. The van der Waals surface area contributed by atoms with Crippen LogP contribution in [-0.4, -0.2) is 36.4 Å². The maximum atomic E-state index is 9.27. The molecule has 1 aliphatic carbocycles. The van der Waals surface area contributed by atoms with E-state index in [-0.39, 0.29) is 5.41 Å². The van der Waals surface area contributed by atoms with Crippen LogP contribution in [0.25, 0.3) is 0 Å². The Labute approximate surface area is 103 Å². The summed E-state index contributed by atoms with van der Waals surface area (Å²) in [6, 6.07) is 0. The van der Waals surface area contributed by atoms with E-state index in [1.807, 2.05) is 11.8 Å². The molecular formula is C13H24O2S. The highest BCUT2D eigenvalue weighted by Gasteiger charge is 2.37. The highest BCUT2D eigenvalue weighted by molar-refractivity contribution is 7.99. The van der Waals surface area contributed by atoms with Gasteiger partial charge in [-0.3, -0.25) is 0 Å². The van der Waals surface area contributed by atoms with Crippen molar-refractivity contribution < 1.29 is 9.84 Å². The van der Waals surface area contributed by atoms with E-state index >= 15 is 0 Å². The Hall–Kier alpha value is 0.270. The smallest absolute Gasteiger partial charge is 0.0575 e. The van der Waals surface area contributed by atoms with Crippen LogP contribution in [0, 0.1) is 11.3 Å². The van der Waals surface area contributed by atoms with E-state index in [0.717, 1.165) is 24.9 Å². The maximum absolute atomic E-state index is 9.27. The molecule has 1 saturated heterocycles. The minimum Gasteiger partial charge on any atom is -0.396 e. The summed E-state index contributed by atoms with van der Waals surface area (Å²) in [7, 11) is 0. The standard InChI is InChI=1S/C13H24O2S/c14-8-13(9-15-10-13)11-16-7-3-6-12-4-1-2-5-12/h12,14H,1-11H2. The van der Waals surface area contributed by atoms with Crippen molar-refractivity contribution in [1.29, 1.82) is 0 Å². The number of thioether (sulfide) groups is 1. The molecule has 0 amide bonds. The van der Waals surface area contributed by atoms with Crippen LogP contribution in [0.15, 0.2) is 0 Å². The normalized spacial score (nSPS) is 24.6. The second-order valence-corrected chi connectivity index (χ2v) is 6.60. The summed E-state index contributed by atoms with van der Waals surface area (Å²) in [5.41, 5.74) is 0.109. The molecule has 0 spiro atoms. The number of ether oxygens (including phenoxy) is 1. The molecule has 1 aliphatic heterocycles. The Balaban J connectivity index is 1.48. The van der Waals surface area contributed by atoms with Gasteiger partial charge in [-0.1, -0.05) is 25.7 Å². The average molecular weight is 244 g/mol. The third-order valence-electron chi connectivity index (χ3n) is 3.94. The second kappa shape index (κ2) is 6.27. The summed E-state index contributed by atoms with van der Waals surface area (Å²) < 4.78 is 5.19. The third kappa shape index (κ3) is 3.38. The van der Waals surface area contributed by atoms with Crippen LogP contribution in [0.2, 0.25) is 0 Å². The van der Waals surface area contributed by atoms with Gasteiger partial charge in [-0.2, -0.15) is 11.8 Å². The van der Waals surface area contributed by atoms with Crippen molar-refractivity contribution in [3.8, 4) is 0 Å². The van der Waals surface area contributed by atoms with Crippen molar-refractivity contribution in [2.24, 2.45) is 11.3 Å². The van der Waals surface area contributed by atoms with Gasteiger partial charge in [0.2, 0.25) is 0 Å². The van der Waals surface area contributed by atoms with Crippen molar-refractivity contribution in [3.63, 3.8) is 0 Å². The van der Waals surface area contributed by atoms with Gasteiger partial charge in [0.15, 0.2) is 0 Å². The molecule has 0 unspecified atom stereocenters. The quantitative estimate of drug-likeness (QED) is 0.698. The summed E-state index contributed by atoms with van der Waals surface area (Å²) >= 11 is 2.00. The average Bonchev–Trinajstić information content (AvgIpc) is 2.74. The number of hydrogen-bond donors (Lipinski definition) is 1. The van der Waals surface area contributed by atoms with E-state index in [1.54, 1.807) is 0 Å². The first-order valence-electron chi connectivity index (χ1n) is 6.61. The summed E-state index contributed by atoms with van der Waals surface area (Å²) in [6.07, 6.45) is 8.65. The molecule has 0 aromatic rings. The Morgan fingerprint density at radius 1 is 1.25 bits per heavy atom. The molecule has 0 aromatic heterocycles. The van der Waals surface area contributed by atoms with Gasteiger partial charge in [-0.25, -0.2) is 0 Å². The Bertz CT molecular complexity index is 193. The van der Waals surface area contributed by atoms with Gasteiger partial charge >= 0.3 is 0 Å². The molecule has 3 heteroatoms. The van der Waals surface area contributed by atoms with E-state index in [2.05, 4.69) is 0 Å². The molecule has 0 radical (unpaired) electrons. The highest BCUT2D eigenvalue weighted by Crippen LogP contribution is 2.32. The predicted molar refractivity (Wildman–Crippen MR) is 68.9 cm³/mol. The van der Waals surface area contributed by atoms with Crippen LogP contribution in [0.4, 0.5) is 0 Å². The zero-order chi connectivity index (χ0) is 11.3. The van der Waals surface area contributed by atoms with Crippen molar-refractivity contribution >= 4 is 11.8 Å². The maximum Gasteiger partial charge on any atom is 0.0575 e. The Morgan fingerprint density at radius 2 is 2.00 bits per heavy atom. The minimum absolute atomic E-state index is 0.109. The topological polar surface area (TPSA) is 29.5 Å². The molecule has 2 fully saturated rings. The lowest BCUT2D eigenvalue weighted by Crippen LogP contribution is -2.47. The largest absolute Gasteiger partial charge is 0.396 e. The van der Waals surface area contributed by atoms with Crippen LogP contribution in [-0.2, 0) is 4.74 Å². The molecular weight excluding hydrogens is 220 g/mol. The van der Waals surface area contributed by atoms with Crippen molar-refractivity contribution in [2.45, 2.75) is 38.5 Å². The molecule has 1 saturated carbocycles. The summed E-state index contributed by atoms with van der Waals surface area (Å²) in [6.45, 7) is 1.82. The molecule has 0 atom stereocenters. The van der Waals surface area contributed by atoms with Gasteiger partial charge in [0.1, 0.15) is 0 Å². The number of aliphatic hydroxyl groups excluding tert-OH is 1. The molecule has 2 rings (SSSR count). The fourth-order valence-corrected chi connectivity index (χ4v) is 3.88. The molecule has 1 heterocycles. The van der Waals surface area contributed by atoms with Crippen LogP contribution in [0.1, 0.15) is 38.5 Å². The molecule has 94 valence electrons. The first-order valence-corrected chi connectivity index (χ1v) is 7.76.